The third-order valence-corrected chi connectivity index (χ3v) is 3.60. The highest BCUT2D eigenvalue weighted by Gasteiger charge is 2.10. The number of aldehydes is 1. The highest BCUT2D eigenvalue weighted by molar-refractivity contribution is 9.10. The fourth-order valence-electron chi connectivity index (χ4n) is 1.60. The zero-order valence-electron chi connectivity index (χ0n) is 9.07. The van der Waals surface area contributed by atoms with Crippen molar-refractivity contribution in [3.8, 4) is 5.69 Å². The van der Waals surface area contributed by atoms with E-state index >= 15 is 0 Å². The van der Waals surface area contributed by atoms with E-state index in [2.05, 4.69) is 21.0 Å². The van der Waals surface area contributed by atoms with E-state index in [0.29, 0.717) is 5.56 Å². The number of carbonyl (C=O) groups excluding carboxylic acids is 1. The smallest absolute Gasteiger partial charge is 0.150 e. The predicted molar refractivity (Wildman–Crippen MR) is 66.1 cm³/mol. The van der Waals surface area contributed by atoms with Crippen molar-refractivity contribution in [3.63, 3.8) is 0 Å². The SMILES string of the molecule is Cc1nn(-c2cccc(C=O)c2)c(C)c1Br. The Balaban J connectivity index is 2.58. The molecule has 3 nitrogen and oxygen atoms in total. The van der Waals surface area contributed by atoms with Gasteiger partial charge in [-0.2, -0.15) is 5.10 Å². The van der Waals surface area contributed by atoms with Gasteiger partial charge in [0, 0.05) is 5.56 Å². The molecule has 0 aliphatic carbocycles. The van der Waals surface area contributed by atoms with Gasteiger partial charge < -0.3 is 0 Å². The number of nitrogens with zero attached hydrogens (tertiary/aromatic N) is 2. The Hall–Kier alpha value is -1.42. The number of carbonyl (C=O) groups is 1. The van der Waals surface area contributed by atoms with Crippen LogP contribution in [0.5, 0.6) is 0 Å². The summed E-state index contributed by atoms with van der Waals surface area (Å²) in [6, 6.07) is 7.37. The molecule has 4 heteroatoms. The van der Waals surface area contributed by atoms with Crippen LogP contribution in [0.15, 0.2) is 28.7 Å². The summed E-state index contributed by atoms with van der Waals surface area (Å²) in [5, 5.41) is 4.41. The number of hydrogen-bond acceptors (Lipinski definition) is 2. The molecule has 1 aromatic carbocycles. The molecule has 0 radical (unpaired) electrons. The lowest BCUT2D eigenvalue weighted by molar-refractivity contribution is 0.112. The summed E-state index contributed by atoms with van der Waals surface area (Å²) in [7, 11) is 0. The lowest BCUT2D eigenvalue weighted by Gasteiger charge is -2.04. The summed E-state index contributed by atoms with van der Waals surface area (Å²) in [5.41, 5.74) is 3.52. The van der Waals surface area contributed by atoms with Crippen molar-refractivity contribution in [2.75, 3.05) is 0 Å². The first kappa shape index (κ1) is 11.1. The van der Waals surface area contributed by atoms with Crippen molar-refractivity contribution in [1.82, 2.24) is 9.78 Å². The van der Waals surface area contributed by atoms with E-state index in [-0.39, 0.29) is 0 Å². The summed E-state index contributed by atoms with van der Waals surface area (Å²) in [6.07, 6.45) is 0.838. The molecule has 0 unspecified atom stereocenters. The monoisotopic (exact) mass is 278 g/mol. The summed E-state index contributed by atoms with van der Waals surface area (Å²) in [6.45, 7) is 3.93. The van der Waals surface area contributed by atoms with Crippen molar-refractivity contribution in [3.05, 3.63) is 45.7 Å². The van der Waals surface area contributed by atoms with Crippen LogP contribution < -0.4 is 0 Å². The Morgan fingerprint density at radius 2 is 2.12 bits per heavy atom. The van der Waals surface area contributed by atoms with E-state index in [1.165, 1.54) is 0 Å². The average molecular weight is 279 g/mol. The van der Waals surface area contributed by atoms with Crippen LogP contribution in [0.2, 0.25) is 0 Å². The van der Waals surface area contributed by atoms with Crippen LogP contribution in [0.1, 0.15) is 21.7 Å². The molecule has 16 heavy (non-hydrogen) atoms. The van der Waals surface area contributed by atoms with Crippen molar-refractivity contribution in [1.29, 1.82) is 0 Å². The standard InChI is InChI=1S/C12H11BrN2O/c1-8-12(13)9(2)15(14-8)11-5-3-4-10(6-11)7-16/h3-7H,1-2H3. The first-order chi connectivity index (χ1) is 7.63. The van der Waals surface area contributed by atoms with Gasteiger partial charge in [-0.1, -0.05) is 12.1 Å². The highest BCUT2D eigenvalue weighted by atomic mass is 79.9. The lowest BCUT2D eigenvalue weighted by atomic mass is 10.2. The van der Waals surface area contributed by atoms with E-state index in [0.717, 1.165) is 27.8 Å². The van der Waals surface area contributed by atoms with Gasteiger partial charge in [-0.15, -0.1) is 0 Å². The molecule has 0 atom stereocenters. The van der Waals surface area contributed by atoms with Gasteiger partial charge in [0.1, 0.15) is 6.29 Å². The maximum Gasteiger partial charge on any atom is 0.150 e. The highest BCUT2D eigenvalue weighted by Crippen LogP contribution is 2.23. The molecular weight excluding hydrogens is 268 g/mol. The normalized spacial score (nSPS) is 10.4. The summed E-state index contributed by atoms with van der Waals surface area (Å²) in [5.74, 6) is 0. The minimum Gasteiger partial charge on any atom is -0.298 e. The minimum absolute atomic E-state index is 0.654. The molecule has 0 spiro atoms. The van der Waals surface area contributed by atoms with Crippen LogP contribution >= 0.6 is 15.9 Å². The third-order valence-electron chi connectivity index (χ3n) is 2.45. The van der Waals surface area contributed by atoms with Gasteiger partial charge in [-0.3, -0.25) is 4.79 Å². The number of rotatable bonds is 2. The zero-order chi connectivity index (χ0) is 11.7. The Morgan fingerprint density at radius 1 is 1.38 bits per heavy atom. The molecule has 0 aliphatic heterocycles. The maximum absolute atomic E-state index is 10.7. The van der Waals surface area contributed by atoms with Gasteiger partial charge >= 0.3 is 0 Å². The largest absolute Gasteiger partial charge is 0.298 e. The van der Waals surface area contributed by atoms with E-state index in [4.69, 9.17) is 0 Å². The van der Waals surface area contributed by atoms with Crippen molar-refractivity contribution < 1.29 is 4.79 Å². The topological polar surface area (TPSA) is 34.9 Å². The summed E-state index contributed by atoms with van der Waals surface area (Å²) >= 11 is 3.48. The lowest BCUT2D eigenvalue weighted by Crippen LogP contribution is -1.99. The second-order valence-electron chi connectivity index (χ2n) is 3.61. The molecule has 0 amide bonds. The Kier molecular flexibility index (Phi) is 2.92. The molecule has 0 saturated carbocycles. The molecule has 0 bridgehead atoms. The van der Waals surface area contributed by atoms with Gasteiger partial charge in [0.05, 0.1) is 21.5 Å². The van der Waals surface area contributed by atoms with E-state index in [9.17, 15) is 4.79 Å². The van der Waals surface area contributed by atoms with Crippen molar-refractivity contribution in [2.45, 2.75) is 13.8 Å². The average Bonchev–Trinajstić information content (AvgIpc) is 2.57. The van der Waals surface area contributed by atoms with E-state index < -0.39 is 0 Å². The van der Waals surface area contributed by atoms with Crippen LogP contribution in [0, 0.1) is 13.8 Å². The number of benzene rings is 1. The molecule has 82 valence electrons. The van der Waals surface area contributed by atoms with Gasteiger partial charge in [-0.25, -0.2) is 4.68 Å². The molecule has 2 rings (SSSR count). The van der Waals surface area contributed by atoms with Crippen molar-refractivity contribution in [2.24, 2.45) is 0 Å². The molecule has 1 aromatic heterocycles. The number of aryl methyl sites for hydroxylation is 1. The fraction of sp³-hybridized carbons (Fsp3) is 0.167. The molecule has 0 aliphatic rings. The Bertz CT molecular complexity index is 546. The molecule has 1 heterocycles. The Labute approximate surface area is 102 Å². The first-order valence-electron chi connectivity index (χ1n) is 4.91. The van der Waals surface area contributed by atoms with Gasteiger partial charge in [0.15, 0.2) is 0 Å². The van der Waals surface area contributed by atoms with E-state index in [1.807, 2.05) is 36.7 Å². The second-order valence-corrected chi connectivity index (χ2v) is 4.40. The number of halogens is 1. The molecule has 0 fully saturated rings. The molecule has 0 saturated heterocycles. The van der Waals surface area contributed by atoms with Crippen LogP contribution in [0.3, 0.4) is 0 Å². The minimum atomic E-state index is 0.654. The van der Waals surface area contributed by atoms with Gasteiger partial charge in [0.25, 0.3) is 0 Å². The van der Waals surface area contributed by atoms with Gasteiger partial charge in [-0.05, 0) is 41.9 Å². The van der Waals surface area contributed by atoms with Crippen LogP contribution in [-0.2, 0) is 0 Å². The second kappa shape index (κ2) is 4.22. The Morgan fingerprint density at radius 3 is 2.69 bits per heavy atom. The van der Waals surface area contributed by atoms with E-state index in [1.54, 1.807) is 6.07 Å². The van der Waals surface area contributed by atoms with Crippen LogP contribution in [-0.4, -0.2) is 16.1 Å². The predicted octanol–water partition coefficient (Wildman–Crippen LogP) is 3.06. The maximum atomic E-state index is 10.7. The first-order valence-corrected chi connectivity index (χ1v) is 5.70. The zero-order valence-corrected chi connectivity index (χ0v) is 10.7. The van der Waals surface area contributed by atoms with Crippen molar-refractivity contribution >= 4 is 22.2 Å². The molecule has 0 N–H and O–H groups in total. The number of hydrogen-bond donors (Lipinski definition) is 0. The number of aromatic nitrogens is 2. The van der Waals surface area contributed by atoms with Crippen LogP contribution in [0.4, 0.5) is 0 Å². The third kappa shape index (κ3) is 1.80. The summed E-state index contributed by atoms with van der Waals surface area (Å²) < 4.78 is 2.83. The van der Waals surface area contributed by atoms with Crippen LogP contribution in [0.25, 0.3) is 5.69 Å². The molecule has 2 aromatic rings. The van der Waals surface area contributed by atoms with Gasteiger partial charge in [0.2, 0.25) is 0 Å². The summed E-state index contributed by atoms with van der Waals surface area (Å²) in [4.78, 5) is 10.7. The molecular formula is C12H11BrN2O. The quantitative estimate of drug-likeness (QED) is 0.792. The fourth-order valence-corrected chi connectivity index (χ4v) is 1.85.